The van der Waals surface area contributed by atoms with E-state index in [1.54, 1.807) is 4.57 Å². The summed E-state index contributed by atoms with van der Waals surface area (Å²) in [5.41, 5.74) is 3.73. The predicted octanol–water partition coefficient (Wildman–Crippen LogP) is 22.0. The van der Waals surface area contributed by atoms with Crippen molar-refractivity contribution in [1.29, 1.82) is 0 Å². The molecule has 5 nitrogen and oxygen atoms in total. The van der Waals surface area contributed by atoms with E-state index >= 15 is 0 Å². The molecule has 0 aliphatic heterocycles. The molecule has 0 aliphatic rings. The Balaban J connectivity index is 0.000000105. The first-order valence-corrected chi connectivity index (χ1v) is 33.4. The highest BCUT2D eigenvalue weighted by Crippen LogP contribution is 2.46. The van der Waals surface area contributed by atoms with Crippen LogP contribution in [0.25, 0.3) is 164 Å². The van der Waals surface area contributed by atoms with E-state index < -0.39 is 0 Å². The van der Waals surface area contributed by atoms with E-state index in [9.17, 15) is 9.59 Å². The summed E-state index contributed by atoms with van der Waals surface area (Å²) in [6.45, 7) is 34.6. The smallest absolute Gasteiger partial charge is 0.259 e. The van der Waals surface area contributed by atoms with Gasteiger partial charge in [0.05, 0.1) is 0 Å². The van der Waals surface area contributed by atoms with Gasteiger partial charge in [0.25, 0.3) is 11.1 Å². The second-order valence-corrected chi connectivity index (χ2v) is 30.6. The molecule has 18 aromatic rings. The zero-order valence-corrected chi connectivity index (χ0v) is 57.3. The first kappa shape index (κ1) is 60.9. The molecular weight excluding hydrogens is 1160 g/mol. The van der Waals surface area contributed by atoms with E-state index in [0.717, 1.165) is 54.1 Å². The number of rotatable bonds is 1. The Bertz CT molecular complexity index is 6160. The number of pyridine rings is 2. The van der Waals surface area contributed by atoms with Gasteiger partial charge in [-0.2, -0.15) is 0 Å². The van der Waals surface area contributed by atoms with Crippen molar-refractivity contribution < 1.29 is 0 Å². The van der Waals surface area contributed by atoms with E-state index in [1.165, 1.54) is 124 Å². The molecule has 0 radical (unpaired) electrons. The molecule has 2 heterocycles. The molecule has 18 rings (SSSR count). The number of hydrogen-bond donors (Lipinski definition) is 0. The number of fused-ring (bicyclic) bond motifs is 4. The van der Waals surface area contributed by atoms with Crippen LogP contribution in [0.15, 0.2) is 222 Å². The molecule has 2 aromatic heterocycles. The molecule has 0 N–H and O–H groups in total. The fraction of sp³-hybridized carbons (Fsp3) is 0.200. The Morgan fingerprint density at radius 2 is 0.537 bits per heavy atom. The molecular formula is C90H81N3O2. The Hall–Kier alpha value is -10.4. The van der Waals surface area contributed by atoms with Gasteiger partial charge in [-0.3, -0.25) is 9.59 Å². The summed E-state index contributed by atoms with van der Waals surface area (Å²) in [6, 6.07) is 76.5. The van der Waals surface area contributed by atoms with Crippen molar-refractivity contribution in [1.82, 2.24) is 9.13 Å². The molecule has 0 spiro atoms. The van der Waals surface area contributed by atoms with E-state index in [-0.39, 0.29) is 33.0 Å². The lowest BCUT2D eigenvalue weighted by Gasteiger charge is -2.25. The maximum absolute atomic E-state index is 13.5. The highest BCUT2D eigenvalue weighted by molar-refractivity contribution is 6.37. The van der Waals surface area contributed by atoms with Crippen molar-refractivity contribution in [3.05, 3.63) is 255 Å². The van der Waals surface area contributed by atoms with Crippen molar-refractivity contribution in [3.63, 3.8) is 0 Å². The first-order chi connectivity index (χ1) is 45.2. The average Bonchev–Trinajstić information content (AvgIpc) is 0.713. The molecule has 0 saturated heterocycles. The summed E-state index contributed by atoms with van der Waals surface area (Å²) in [4.78, 5) is 28.6. The van der Waals surface area contributed by atoms with Crippen molar-refractivity contribution in [2.45, 2.75) is 105 Å². The summed E-state index contributed by atoms with van der Waals surface area (Å²) in [5.74, 6) is 0. The third-order valence-corrected chi connectivity index (χ3v) is 20.2. The number of nitrogens with zero attached hydrogens (tertiary/aromatic N) is 3. The van der Waals surface area contributed by atoms with Gasteiger partial charge in [0.15, 0.2) is 0 Å². The fourth-order valence-corrected chi connectivity index (χ4v) is 16.2. The monoisotopic (exact) mass is 1240 g/mol. The predicted molar refractivity (Wildman–Crippen MR) is 416 cm³/mol. The standard InChI is InChI=1S/C27H21NO.C24H20.C20H18.C19H22N2O/c1-15-17-11-12-20-18-9-5-7-16-8-6-10-19(23(16)18)21-13-14-22(24(17)25(20)21)26(29)28(15)27(2,3)4;1-24(2,3)21-14-13-19-17-10-5-8-15-7-4-9-16(22(15)17)18-11-6-12-20(21)23(18)19;1-20(2,3)17-12-10-15-8-7-13-5-4-6-14-9-11-16(17)19(15)18(13)14;1-12-13-10-11-16(20(5)6)14-8-7-9-15(17(13)14)18(22)21(12)19(2,3)4/h5-14H,1H2,2-4H3;4-14H,1-3H3;4-12H,1-3H3;7-11H,1H2,2-6H3. The normalized spacial score (nSPS) is 12.7. The van der Waals surface area contributed by atoms with Crippen LogP contribution < -0.4 is 26.7 Å². The Morgan fingerprint density at radius 1 is 0.263 bits per heavy atom. The zero-order valence-electron chi connectivity index (χ0n) is 57.3. The molecule has 95 heavy (non-hydrogen) atoms. The Labute approximate surface area is 554 Å². The summed E-state index contributed by atoms with van der Waals surface area (Å²) < 4.78 is 3.64. The summed E-state index contributed by atoms with van der Waals surface area (Å²) in [7, 11) is 4.04. The van der Waals surface area contributed by atoms with Gasteiger partial charge in [0.2, 0.25) is 0 Å². The van der Waals surface area contributed by atoms with Gasteiger partial charge in [-0.25, -0.2) is 0 Å². The maximum atomic E-state index is 13.5. The van der Waals surface area contributed by atoms with E-state index in [4.69, 9.17) is 0 Å². The Kier molecular flexibility index (Phi) is 13.8. The summed E-state index contributed by atoms with van der Waals surface area (Å²) in [6.07, 6.45) is 0. The van der Waals surface area contributed by atoms with Gasteiger partial charge in [-0.15, -0.1) is 0 Å². The van der Waals surface area contributed by atoms with Crippen molar-refractivity contribution in [3.8, 4) is 0 Å². The van der Waals surface area contributed by atoms with Crippen LogP contribution >= 0.6 is 0 Å². The van der Waals surface area contributed by atoms with E-state index in [0.29, 0.717) is 0 Å². The SMILES string of the molecule is C=c1c2ccc(N(C)C)c3cccc(c(=O)n1C(C)(C)C)c32.C=c1c2ccc3c4cccc5cccc(c6ccc(c(=O)n1C(C)(C)C)c2c36)c54.CC(C)(C)c1ccc2c3cccc4cccc(c5cccc1c52)c43.CC(C)(C)c1ccc2ccc3cccc4ccc1c2c34. The van der Waals surface area contributed by atoms with Crippen LogP contribution in [0, 0.1) is 0 Å². The molecule has 0 saturated carbocycles. The van der Waals surface area contributed by atoms with Crippen molar-refractivity contribution in [2.75, 3.05) is 19.0 Å². The Morgan fingerprint density at radius 3 is 1.02 bits per heavy atom. The summed E-state index contributed by atoms with van der Waals surface area (Å²) in [5, 5.41) is 36.2. The topological polar surface area (TPSA) is 47.2 Å². The van der Waals surface area contributed by atoms with Gasteiger partial charge in [-0.05, 0) is 195 Å². The van der Waals surface area contributed by atoms with Gasteiger partial charge in [-0.1, -0.05) is 249 Å². The highest BCUT2D eigenvalue weighted by Gasteiger charge is 2.26. The average molecular weight is 1240 g/mol. The van der Waals surface area contributed by atoms with Gasteiger partial charge < -0.3 is 14.0 Å². The molecule has 0 aliphatic carbocycles. The minimum Gasteiger partial charge on any atom is -0.377 e. The quantitative estimate of drug-likeness (QED) is 0.122. The van der Waals surface area contributed by atoms with Crippen molar-refractivity contribution in [2.24, 2.45) is 0 Å². The van der Waals surface area contributed by atoms with Crippen molar-refractivity contribution >= 4 is 170 Å². The minimum atomic E-state index is -0.329. The maximum Gasteiger partial charge on any atom is 0.259 e. The second-order valence-electron chi connectivity index (χ2n) is 30.6. The lowest BCUT2D eigenvalue weighted by atomic mass is 9.80. The molecule has 0 atom stereocenters. The molecule has 0 unspecified atom stereocenters. The highest BCUT2D eigenvalue weighted by atomic mass is 16.1. The fourth-order valence-electron chi connectivity index (χ4n) is 16.2. The molecule has 16 aromatic carbocycles. The number of anilines is 1. The third-order valence-electron chi connectivity index (χ3n) is 20.2. The summed E-state index contributed by atoms with van der Waals surface area (Å²) >= 11 is 0. The zero-order chi connectivity index (χ0) is 66.7. The van der Waals surface area contributed by atoms with Crippen LogP contribution in [0.2, 0.25) is 0 Å². The van der Waals surface area contributed by atoms with E-state index in [1.807, 2.05) is 57.6 Å². The second kappa shape index (κ2) is 21.6. The lowest BCUT2D eigenvalue weighted by molar-refractivity contribution is 0.379. The molecule has 5 heteroatoms. The van der Waals surface area contributed by atoms with Crippen LogP contribution in [0.5, 0.6) is 0 Å². The number of benzene rings is 16. The largest absolute Gasteiger partial charge is 0.377 e. The number of aromatic nitrogens is 2. The van der Waals surface area contributed by atoms with Crippen LogP contribution in [-0.4, -0.2) is 23.2 Å². The van der Waals surface area contributed by atoms with Gasteiger partial charge in [0, 0.05) is 79.3 Å². The minimum absolute atomic E-state index is 0.0338. The van der Waals surface area contributed by atoms with Crippen LogP contribution in [-0.2, 0) is 21.9 Å². The van der Waals surface area contributed by atoms with E-state index in [2.05, 4.69) is 274 Å². The van der Waals surface area contributed by atoms with Crippen LogP contribution in [0.1, 0.15) is 94.2 Å². The molecule has 468 valence electrons. The third kappa shape index (κ3) is 9.47. The molecule has 0 bridgehead atoms. The lowest BCUT2D eigenvalue weighted by Crippen LogP contribution is -2.43. The molecule has 0 amide bonds. The first-order valence-electron chi connectivity index (χ1n) is 33.4. The number of hydrogen-bond acceptors (Lipinski definition) is 3. The van der Waals surface area contributed by atoms with Crippen LogP contribution in [0.4, 0.5) is 5.69 Å². The van der Waals surface area contributed by atoms with Crippen LogP contribution in [0.3, 0.4) is 0 Å². The van der Waals surface area contributed by atoms with Gasteiger partial charge >= 0.3 is 0 Å². The molecule has 0 fully saturated rings. The van der Waals surface area contributed by atoms with Gasteiger partial charge in [0.1, 0.15) is 0 Å².